The molecule has 0 bridgehead atoms. The number of nitrogens with zero attached hydrogens (tertiary/aromatic N) is 2. The number of ether oxygens (including phenoxy) is 1. The highest BCUT2D eigenvalue weighted by Gasteiger charge is 2.11. The molecule has 1 aromatic rings. The van der Waals surface area contributed by atoms with E-state index >= 15 is 0 Å². The largest absolute Gasteiger partial charge is 0.489 e. The molecule has 4 nitrogen and oxygen atoms in total. The summed E-state index contributed by atoms with van der Waals surface area (Å²) in [6, 6.07) is 4.94. The molecule has 0 saturated carbocycles. The Labute approximate surface area is 106 Å². The molecule has 1 N–H and O–H groups in total. The third kappa shape index (κ3) is 3.20. The van der Waals surface area contributed by atoms with Gasteiger partial charge in [-0.2, -0.15) is 0 Å². The Bertz CT molecular complexity index is 446. The molecule has 0 radical (unpaired) electrons. The van der Waals surface area contributed by atoms with Gasteiger partial charge in [0.2, 0.25) is 0 Å². The Morgan fingerprint density at radius 2 is 2.28 bits per heavy atom. The predicted molar refractivity (Wildman–Crippen MR) is 69.9 cm³/mol. The minimum Gasteiger partial charge on any atom is -0.489 e. The molecule has 0 atom stereocenters. The zero-order valence-corrected chi connectivity index (χ0v) is 10.7. The van der Waals surface area contributed by atoms with Gasteiger partial charge < -0.3 is 15.0 Å². The molecule has 0 amide bonds. The first kappa shape index (κ1) is 12.8. The summed E-state index contributed by atoms with van der Waals surface area (Å²) in [5.41, 5.74) is 0.768. The van der Waals surface area contributed by atoms with E-state index in [0.717, 1.165) is 31.0 Å². The zero-order valence-electron chi connectivity index (χ0n) is 10.7. The Hall–Kier alpha value is -1.62. The summed E-state index contributed by atoms with van der Waals surface area (Å²) in [5, 5.41) is 3.11. The number of hydrogen-bond donors (Lipinski definition) is 1. The van der Waals surface area contributed by atoms with Crippen LogP contribution in [0.15, 0.2) is 23.2 Å². The van der Waals surface area contributed by atoms with E-state index in [1.165, 1.54) is 6.07 Å². The van der Waals surface area contributed by atoms with E-state index in [1.807, 2.05) is 25.1 Å². The molecule has 0 aromatic heterocycles. The maximum Gasteiger partial charge on any atom is 0.165 e. The molecule has 0 fully saturated rings. The number of nitrogens with one attached hydrogen (secondary N) is 1. The molecule has 2 rings (SSSR count). The lowest BCUT2D eigenvalue weighted by Crippen LogP contribution is -2.20. The Balaban J connectivity index is 2.01. The van der Waals surface area contributed by atoms with Gasteiger partial charge in [-0.15, -0.1) is 0 Å². The summed E-state index contributed by atoms with van der Waals surface area (Å²) in [6.45, 7) is 2.80. The van der Waals surface area contributed by atoms with Crippen molar-refractivity contribution >= 4 is 5.84 Å². The highest BCUT2D eigenvalue weighted by atomic mass is 19.1. The molecule has 0 unspecified atom stereocenters. The van der Waals surface area contributed by atoms with Crippen LogP contribution in [0.5, 0.6) is 5.75 Å². The molecule has 98 valence electrons. The van der Waals surface area contributed by atoms with Gasteiger partial charge in [-0.1, -0.05) is 0 Å². The van der Waals surface area contributed by atoms with Crippen molar-refractivity contribution in [3.63, 3.8) is 0 Å². The summed E-state index contributed by atoms with van der Waals surface area (Å²) in [6.07, 6.45) is 0. The third-order valence-corrected chi connectivity index (χ3v) is 2.68. The molecule has 18 heavy (non-hydrogen) atoms. The van der Waals surface area contributed by atoms with Gasteiger partial charge in [0.05, 0.1) is 6.54 Å². The van der Waals surface area contributed by atoms with E-state index in [4.69, 9.17) is 4.74 Å². The Morgan fingerprint density at radius 3 is 2.89 bits per heavy atom. The SMILES string of the molecule is CN(C)CCOc1ccc(C2=NCCN2)cc1F. The molecule has 1 aliphatic rings. The first-order valence-corrected chi connectivity index (χ1v) is 6.02. The van der Waals surface area contributed by atoms with Crippen molar-refractivity contribution < 1.29 is 9.13 Å². The molecular weight excluding hydrogens is 233 g/mol. The molecule has 1 aromatic carbocycles. The summed E-state index contributed by atoms with van der Waals surface area (Å²) in [7, 11) is 3.90. The number of hydrogen-bond acceptors (Lipinski definition) is 4. The van der Waals surface area contributed by atoms with Gasteiger partial charge in [-0.25, -0.2) is 4.39 Å². The lowest BCUT2D eigenvalue weighted by molar-refractivity contribution is 0.252. The van der Waals surface area contributed by atoms with Crippen LogP contribution in [0.3, 0.4) is 0 Å². The van der Waals surface area contributed by atoms with Gasteiger partial charge in [0.25, 0.3) is 0 Å². The van der Waals surface area contributed by atoms with Crippen LogP contribution in [-0.2, 0) is 0 Å². The second kappa shape index (κ2) is 5.82. The lowest BCUT2D eigenvalue weighted by Gasteiger charge is -2.12. The van der Waals surface area contributed by atoms with E-state index in [1.54, 1.807) is 6.07 Å². The molecule has 0 saturated heterocycles. The van der Waals surface area contributed by atoms with Crippen LogP contribution in [0.2, 0.25) is 0 Å². The fraction of sp³-hybridized carbons (Fsp3) is 0.462. The van der Waals surface area contributed by atoms with E-state index in [0.29, 0.717) is 12.4 Å². The number of halogens is 1. The van der Waals surface area contributed by atoms with Crippen LogP contribution in [0.1, 0.15) is 5.56 Å². The third-order valence-electron chi connectivity index (χ3n) is 2.68. The first-order valence-electron chi connectivity index (χ1n) is 6.02. The first-order chi connectivity index (χ1) is 8.66. The summed E-state index contributed by atoms with van der Waals surface area (Å²) >= 11 is 0. The zero-order chi connectivity index (χ0) is 13.0. The standard InChI is InChI=1S/C13H18FN3O/c1-17(2)7-8-18-12-4-3-10(9-11(12)14)13-15-5-6-16-13/h3-4,9H,5-8H2,1-2H3,(H,15,16). The van der Waals surface area contributed by atoms with Crippen LogP contribution in [0.4, 0.5) is 4.39 Å². The quantitative estimate of drug-likeness (QED) is 0.852. The van der Waals surface area contributed by atoms with Gasteiger partial charge in [0.15, 0.2) is 11.6 Å². The van der Waals surface area contributed by atoms with Crippen molar-refractivity contribution in [2.24, 2.45) is 4.99 Å². The smallest absolute Gasteiger partial charge is 0.165 e. The molecule has 1 aliphatic heterocycles. The van der Waals surface area contributed by atoms with E-state index in [-0.39, 0.29) is 5.82 Å². The average Bonchev–Trinajstić information content (AvgIpc) is 2.84. The fourth-order valence-electron chi connectivity index (χ4n) is 1.69. The summed E-state index contributed by atoms with van der Waals surface area (Å²) < 4.78 is 19.2. The van der Waals surface area contributed by atoms with Gasteiger partial charge in [0, 0.05) is 18.7 Å². The van der Waals surface area contributed by atoms with Gasteiger partial charge >= 0.3 is 0 Å². The van der Waals surface area contributed by atoms with E-state index in [9.17, 15) is 4.39 Å². The van der Waals surface area contributed by atoms with Crippen molar-refractivity contribution in [2.45, 2.75) is 0 Å². The topological polar surface area (TPSA) is 36.9 Å². The van der Waals surface area contributed by atoms with Crippen molar-refractivity contribution in [1.82, 2.24) is 10.2 Å². The minimum atomic E-state index is -0.345. The van der Waals surface area contributed by atoms with Crippen molar-refractivity contribution in [2.75, 3.05) is 40.3 Å². The Kier molecular flexibility index (Phi) is 4.15. The highest BCUT2D eigenvalue weighted by molar-refractivity contribution is 5.99. The van der Waals surface area contributed by atoms with Crippen LogP contribution in [0, 0.1) is 5.82 Å². The second-order valence-electron chi connectivity index (χ2n) is 4.45. The molecule has 0 spiro atoms. The van der Waals surface area contributed by atoms with Crippen LogP contribution < -0.4 is 10.1 Å². The molecule has 5 heteroatoms. The minimum absolute atomic E-state index is 0.291. The highest BCUT2D eigenvalue weighted by Crippen LogP contribution is 2.19. The second-order valence-corrected chi connectivity index (χ2v) is 4.45. The maximum atomic E-state index is 13.8. The Morgan fingerprint density at radius 1 is 1.44 bits per heavy atom. The molecule has 0 aliphatic carbocycles. The normalized spacial score (nSPS) is 14.6. The predicted octanol–water partition coefficient (Wildman–Crippen LogP) is 1.12. The number of benzene rings is 1. The van der Waals surface area contributed by atoms with Crippen LogP contribution in [-0.4, -0.2) is 51.1 Å². The maximum absolute atomic E-state index is 13.8. The lowest BCUT2D eigenvalue weighted by atomic mass is 10.2. The molecular formula is C13H18FN3O. The van der Waals surface area contributed by atoms with Crippen LogP contribution in [0.25, 0.3) is 0 Å². The van der Waals surface area contributed by atoms with Gasteiger partial charge in [0.1, 0.15) is 12.4 Å². The monoisotopic (exact) mass is 251 g/mol. The van der Waals surface area contributed by atoms with Gasteiger partial charge in [-0.3, -0.25) is 4.99 Å². The van der Waals surface area contributed by atoms with Crippen molar-refractivity contribution in [3.8, 4) is 5.75 Å². The summed E-state index contributed by atoms with van der Waals surface area (Å²) in [4.78, 5) is 6.24. The number of likely N-dealkylation sites (N-methyl/N-ethyl adjacent to an activating group) is 1. The number of aliphatic imine (C=N–C) groups is 1. The number of amidine groups is 1. The number of rotatable bonds is 5. The van der Waals surface area contributed by atoms with Crippen LogP contribution >= 0.6 is 0 Å². The van der Waals surface area contributed by atoms with E-state index < -0.39 is 0 Å². The summed E-state index contributed by atoms with van der Waals surface area (Å²) in [5.74, 6) is 0.704. The van der Waals surface area contributed by atoms with Crippen molar-refractivity contribution in [3.05, 3.63) is 29.6 Å². The average molecular weight is 251 g/mol. The van der Waals surface area contributed by atoms with E-state index in [2.05, 4.69) is 10.3 Å². The van der Waals surface area contributed by atoms with Gasteiger partial charge in [-0.05, 0) is 32.3 Å². The molecule has 1 heterocycles. The fourth-order valence-corrected chi connectivity index (χ4v) is 1.69. The van der Waals surface area contributed by atoms with Crippen molar-refractivity contribution in [1.29, 1.82) is 0 Å².